The van der Waals surface area contributed by atoms with E-state index in [1.165, 1.54) is 6.33 Å². The lowest BCUT2D eigenvalue weighted by molar-refractivity contribution is -0.113. The predicted octanol–water partition coefficient (Wildman–Crippen LogP) is 2.61. The molecule has 0 bridgehead atoms. The summed E-state index contributed by atoms with van der Waals surface area (Å²) in [5.41, 5.74) is 2.87. The minimum absolute atomic E-state index is 0.215. The Morgan fingerprint density at radius 3 is 2.63 bits per heavy atom. The van der Waals surface area contributed by atoms with Crippen molar-refractivity contribution in [3.63, 3.8) is 0 Å². The van der Waals surface area contributed by atoms with E-state index in [9.17, 15) is 4.79 Å². The second-order valence-electron chi connectivity index (χ2n) is 6.06. The Labute approximate surface area is 155 Å². The molecule has 8 heteroatoms. The van der Waals surface area contributed by atoms with E-state index in [2.05, 4.69) is 25.7 Å². The van der Waals surface area contributed by atoms with Crippen LogP contribution in [0.1, 0.15) is 18.5 Å². The third kappa shape index (κ3) is 3.12. The summed E-state index contributed by atoms with van der Waals surface area (Å²) in [7, 11) is 1.60. The number of anilines is 2. The van der Waals surface area contributed by atoms with Crippen LogP contribution in [0.25, 0.3) is 0 Å². The molecule has 1 aliphatic heterocycles. The van der Waals surface area contributed by atoms with E-state index >= 15 is 0 Å². The van der Waals surface area contributed by atoms with Crippen molar-refractivity contribution in [1.29, 1.82) is 0 Å². The molecule has 1 atom stereocenters. The van der Waals surface area contributed by atoms with E-state index in [1.54, 1.807) is 48.5 Å². The molecule has 1 aliphatic rings. The Kier molecular flexibility index (Phi) is 4.29. The number of carbonyl (C=O) groups is 1. The fourth-order valence-electron chi connectivity index (χ4n) is 3.11. The summed E-state index contributed by atoms with van der Waals surface area (Å²) in [6.07, 6.45) is 4.86. The van der Waals surface area contributed by atoms with Crippen molar-refractivity contribution < 1.29 is 9.53 Å². The van der Waals surface area contributed by atoms with Gasteiger partial charge in [0.2, 0.25) is 5.95 Å². The summed E-state index contributed by atoms with van der Waals surface area (Å²) < 4.78 is 6.86. The Balaban J connectivity index is 1.70. The van der Waals surface area contributed by atoms with E-state index < -0.39 is 6.04 Å². The number of hydrogen-bond donors (Lipinski definition) is 2. The van der Waals surface area contributed by atoms with Crippen molar-refractivity contribution >= 4 is 17.5 Å². The molecule has 0 spiro atoms. The molecule has 3 heterocycles. The lowest BCUT2D eigenvalue weighted by atomic mass is 9.96. The average Bonchev–Trinajstić information content (AvgIpc) is 3.16. The standard InChI is InChI=1S/C19H18N6O2/c1-12-16(18(26)24-14-3-5-15(27-2)6-4-14)17(13-7-9-20-10-8-13)25-19(23-12)21-11-22-25/h3-11,17H,1-2H3,(H,24,26)(H,21,22,23)/t17-/m1/s1. The molecule has 2 aromatic heterocycles. The zero-order valence-corrected chi connectivity index (χ0v) is 14.9. The third-order valence-electron chi connectivity index (χ3n) is 4.41. The molecule has 1 aromatic carbocycles. The predicted molar refractivity (Wildman–Crippen MR) is 100 cm³/mol. The minimum Gasteiger partial charge on any atom is -0.497 e. The zero-order valence-electron chi connectivity index (χ0n) is 14.9. The Bertz CT molecular complexity index is 995. The molecule has 0 unspecified atom stereocenters. The Hall–Kier alpha value is -3.68. The van der Waals surface area contributed by atoms with Crippen LogP contribution in [0.4, 0.5) is 11.6 Å². The van der Waals surface area contributed by atoms with Crippen LogP contribution in [0.3, 0.4) is 0 Å². The molecule has 8 nitrogen and oxygen atoms in total. The number of carbonyl (C=O) groups excluding carboxylic acids is 1. The average molecular weight is 362 g/mol. The number of hydrogen-bond acceptors (Lipinski definition) is 6. The molecule has 3 aromatic rings. The maximum absolute atomic E-state index is 13.1. The van der Waals surface area contributed by atoms with Crippen LogP contribution >= 0.6 is 0 Å². The molecule has 0 saturated heterocycles. The number of pyridine rings is 1. The largest absolute Gasteiger partial charge is 0.497 e. The van der Waals surface area contributed by atoms with Crippen molar-refractivity contribution in [3.8, 4) is 5.75 Å². The van der Waals surface area contributed by atoms with Gasteiger partial charge in [-0.25, -0.2) is 4.68 Å². The molecule has 0 radical (unpaired) electrons. The summed E-state index contributed by atoms with van der Waals surface area (Å²) in [6, 6.07) is 10.5. The number of rotatable bonds is 4. The highest BCUT2D eigenvalue weighted by Gasteiger charge is 2.33. The fraction of sp³-hybridized carbons (Fsp3) is 0.158. The molecule has 4 rings (SSSR count). The zero-order chi connectivity index (χ0) is 18.8. The van der Waals surface area contributed by atoms with Gasteiger partial charge in [-0.05, 0) is 48.9 Å². The number of ether oxygens (including phenoxy) is 1. The highest BCUT2D eigenvalue weighted by Crippen LogP contribution is 2.34. The van der Waals surface area contributed by atoms with Gasteiger partial charge in [0, 0.05) is 23.8 Å². The van der Waals surface area contributed by atoms with Gasteiger partial charge in [0.1, 0.15) is 18.1 Å². The van der Waals surface area contributed by atoms with Crippen LogP contribution in [-0.2, 0) is 4.79 Å². The van der Waals surface area contributed by atoms with Crippen LogP contribution in [0.2, 0.25) is 0 Å². The molecule has 0 aliphatic carbocycles. The first-order valence-corrected chi connectivity index (χ1v) is 8.40. The Morgan fingerprint density at radius 1 is 1.19 bits per heavy atom. The van der Waals surface area contributed by atoms with Gasteiger partial charge in [-0.2, -0.15) is 10.1 Å². The lowest BCUT2D eigenvalue weighted by Crippen LogP contribution is -2.31. The number of aromatic nitrogens is 4. The molecule has 0 saturated carbocycles. The van der Waals surface area contributed by atoms with Gasteiger partial charge in [0.05, 0.1) is 12.7 Å². The van der Waals surface area contributed by atoms with Crippen molar-refractivity contribution in [2.24, 2.45) is 0 Å². The first-order valence-electron chi connectivity index (χ1n) is 8.40. The Morgan fingerprint density at radius 2 is 1.93 bits per heavy atom. The second kappa shape index (κ2) is 6.91. The van der Waals surface area contributed by atoms with Gasteiger partial charge < -0.3 is 15.4 Å². The molecular weight excluding hydrogens is 344 g/mol. The monoisotopic (exact) mass is 362 g/mol. The topological polar surface area (TPSA) is 94.0 Å². The smallest absolute Gasteiger partial charge is 0.255 e. The van der Waals surface area contributed by atoms with Gasteiger partial charge in [-0.3, -0.25) is 9.78 Å². The highest BCUT2D eigenvalue weighted by molar-refractivity contribution is 6.06. The second-order valence-corrected chi connectivity index (χ2v) is 6.06. The maximum atomic E-state index is 13.1. The number of nitrogens with one attached hydrogen (secondary N) is 2. The number of amides is 1. The van der Waals surface area contributed by atoms with Gasteiger partial charge in [-0.15, -0.1) is 0 Å². The van der Waals surface area contributed by atoms with Crippen LogP contribution in [0, 0.1) is 0 Å². The van der Waals surface area contributed by atoms with Gasteiger partial charge in [-0.1, -0.05) is 0 Å². The fourth-order valence-corrected chi connectivity index (χ4v) is 3.11. The van der Waals surface area contributed by atoms with Crippen LogP contribution in [0.5, 0.6) is 5.75 Å². The van der Waals surface area contributed by atoms with E-state index in [-0.39, 0.29) is 5.91 Å². The first kappa shape index (κ1) is 16.8. The van der Waals surface area contributed by atoms with Crippen molar-refractivity contribution in [2.75, 3.05) is 17.7 Å². The van der Waals surface area contributed by atoms with Crippen molar-refractivity contribution in [2.45, 2.75) is 13.0 Å². The summed E-state index contributed by atoms with van der Waals surface area (Å²) in [4.78, 5) is 21.4. The number of nitrogens with zero attached hydrogens (tertiary/aromatic N) is 4. The third-order valence-corrected chi connectivity index (χ3v) is 4.41. The van der Waals surface area contributed by atoms with Crippen molar-refractivity contribution in [3.05, 3.63) is 72.0 Å². The van der Waals surface area contributed by atoms with Gasteiger partial charge in [0.25, 0.3) is 5.91 Å². The van der Waals surface area contributed by atoms with E-state index in [1.807, 2.05) is 19.1 Å². The summed E-state index contributed by atoms with van der Waals surface area (Å²) in [5, 5.41) is 10.4. The van der Waals surface area contributed by atoms with Crippen molar-refractivity contribution in [1.82, 2.24) is 19.7 Å². The highest BCUT2D eigenvalue weighted by atomic mass is 16.5. The number of methoxy groups -OCH3 is 1. The van der Waals surface area contributed by atoms with E-state index in [0.29, 0.717) is 17.2 Å². The van der Waals surface area contributed by atoms with Gasteiger partial charge >= 0.3 is 0 Å². The lowest BCUT2D eigenvalue weighted by Gasteiger charge is -2.28. The van der Waals surface area contributed by atoms with E-state index in [4.69, 9.17) is 4.74 Å². The summed E-state index contributed by atoms with van der Waals surface area (Å²) in [6.45, 7) is 1.86. The number of benzene rings is 1. The summed E-state index contributed by atoms with van der Waals surface area (Å²) >= 11 is 0. The molecule has 1 amide bonds. The number of fused-ring (bicyclic) bond motifs is 1. The normalized spacial score (nSPS) is 15.7. The first-order chi connectivity index (χ1) is 13.2. The molecule has 136 valence electrons. The van der Waals surface area contributed by atoms with Gasteiger partial charge in [0.15, 0.2) is 0 Å². The molecule has 0 fully saturated rings. The summed E-state index contributed by atoms with van der Waals surface area (Å²) in [5.74, 6) is 1.10. The van der Waals surface area contributed by atoms with E-state index in [0.717, 1.165) is 17.0 Å². The molecule has 27 heavy (non-hydrogen) atoms. The quantitative estimate of drug-likeness (QED) is 0.741. The minimum atomic E-state index is -0.398. The SMILES string of the molecule is COc1ccc(NC(=O)C2=C(C)Nc3ncnn3[C@@H]2c2ccncc2)cc1. The number of allylic oxidation sites excluding steroid dienone is 1. The van der Waals surface area contributed by atoms with Crippen LogP contribution < -0.4 is 15.4 Å². The van der Waals surface area contributed by atoms with Crippen LogP contribution in [0.15, 0.2) is 66.4 Å². The molecule has 2 N–H and O–H groups in total. The molecular formula is C19H18N6O2. The van der Waals surface area contributed by atoms with Crippen LogP contribution in [-0.4, -0.2) is 32.8 Å². The maximum Gasteiger partial charge on any atom is 0.255 e.